The molecule has 0 aromatic rings. The van der Waals surface area contributed by atoms with Crippen LogP contribution < -0.4 is 0 Å². The average Bonchev–Trinajstić information content (AvgIpc) is 2.27. The third-order valence-corrected chi connectivity index (χ3v) is 5.33. The molecule has 0 heterocycles. The van der Waals surface area contributed by atoms with Gasteiger partial charge in [0.05, 0.1) is 0 Å². The second-order valence-corrected chi connectivity index (χ2v) is 7.78. The summed E-state index contributed by atoms with van der Waals surface area (Å²) >= 11 is -3.29. The van der Waals surface area contributed by atoms with E-state index in [1.807, 2.05) is 0 Å². The molecule has 3 nitrogen and oxygen atoms in total. The number of hydrogen-bond acceptors (Lipinski definition) is 1. The van der Waals surface area contributed by atoms with Crippen molar-refractivity contribution in [2.45, 2.75) is 59.3 Å². The van der Waals surface area contributed by atoms with Crippen molar-refractivity contribution in [3.8, 4) is 0 Å². The van der Waals surface area contributed by atoms with Gasteiger partial charge in [0.25, 0.3) is 0 Å². The zero-order chi connectivity index (χ0) is 13.5. The van der Waals surface area contributed by atoms with E-state index >= 15 is 0 Å². The molecule has 0 amide bonds. The molecule has 5 heteroatoms. The summed E-state index contributed by atoms with van der Waals surface area (Å²) < 4.78 is 23.1. The van der Waals surface area contributed by atoms with E-state index in [4.69, 9.17) is 12.2 Å². The molecule has 0 rings (SSSR count). The SMILES string of the molecule is CCCCP(CCCC)CCCC.O=[Se](O)O. The summed E-state index contributed by atoms with van der Waals surface area (Å²) in [6.07, 6.45) is 13.2. The molecule has 0 atom stereocenters. The fraction of sp³-hybridized carbons (Fsp3) is 1.00. The van der Waals surface area contributed by atoms with Crippen LogP contribution in [0.15, 0.2) is 0 Å². The van der Waals surface area contributed by atoms with Crippen LogP contribution in [-0.2, 0) is 3.83 Å². The van der Waals surface area contributed by atoms with Gasteiger partial charge in [-0.15, -0.1) is 7.92 Å². The van der Waals surface area contributed by atoms with Crippen molar-refractivity contribution in [1.82, 2.24) is 0 Å². The minimum absolute atomic E-state index is 0.422. The van der Waals surface area contributed by atoms with E-state index in [2.05, 4.69) is 20.8 Å². The predicted molar refractivity (Wildman–Crippen MR) is 77.1 cm³/mol. The van der Waals surface area contributed by atoms with E-state index in [1.54, 1.807) is 18.5 Å². The average molecular weight is 331 g/mol. The maximum absolute atomic E-state index is 8.76. The second-order valence-electron chi connectivity index (χ2n) is 4.13. The zero-order valence-corrected chi connectivity index (χ0v) is 14.1. The molecule has 0 unspecified atom stereocenters. The molecule has 106 valence electrons. The summed E-state index contributed by atoms with van der Waals surface area (Å²) in [5.74, 6) is 0. The van der Waals surface area contributed by atoms with Gasteiger partial charge in [0, 0.05) is 0 Å². The summed E-state index contributed by atoms with van der Waals surface area (Å²) in [5.41, 5.74) is 0. The van der Waals surface area contributed by atoms with Gasteiger partial charge in [-0.05, 0) is 37.7 Å². The van der Waals surface area contributed by atoms with Crippen LogP contribution in [0.2, 0.25) is 0 Å². The van der Waals surface area contributed by atoms with Gasteiger partial charge in [-0.2, -0.15) is 0 Å². The van der Waals surface area contributed by atoms with E-state index in [0.29, 0.717) is 7.92 Å². The van der Waals surface area contributed by atoms with E-state index in [9.17, 15) is 0 Å². The molecule has 0 aliphatic rings. The van der Waals surface area contributed by atoms with Gasteiger partial charge in [-0.3, -0.25) is 0 Å². The molecule has 0 spiro atoms. The van der Waals surface area contributed by atoms with E-state index in [0.717, 1.165) is 0 Å². The molecule has 0 fully saturated rings. The zero-order valence-electron chi connectivity index (χ0n) is 11.5. The van der Waals surface area contributed by atoms with Crippen LogP contribution in [0, 0.1) is 0 Å². The molecule has 0 aromatic heterocycles. The predicted octanol–water partition coefficient (Wildman–Crippen LogP) is 3.26. The summed E-state index contributed by atoms with van der Waals surface area (Å²) in [5, 5.41) is 0. The van der Waals surface area contributed by atoms with Crippen LogP contribution in [0.4, 0.5) is 0 Å². The van der Waals surface area contributed by atoms with Gasteiger partial charge in [0.15, 0.2) is 0 Å². The molecule has 0 saturated carbocycles. The molecule has 0 radical (unpaired) electrons. The van der Waals surface area contributed by atoms with Crippen molar-refractivity contribution in [1.29, 1.82) is 0 Å². The molecule has 0 aliphatic carbocycles. The van der Waals surface area contributed by atoms with Gasteiger partial charge >= 0.3 is 26.7 Å². The van der Waals surface area contributed by atoms with E-state index < -0.39 is 14.5 Å². The van der Waals surface area contributed by atoms with Gasteiger partial charge in [0.2, 0.25) is 0 Å². The van der Waals surface area contributed by atoms with Crippen LogP contribution in [0.1, 0.15) is 59.3 Å². The Morgan fingerprint density at radius 3 is 1.24 bits per heavy atom. The third-order valence-electron chi connectivity index (χ3n) is 2.48. The summed E-state index contributed by atoms with van der Waals surface area (Å²) in [4.78, 5) is 0. The molecular formula is C12H29O3PSe. The van der Waals surface area contributed by atoms with Gasteiger partial charge in [-0.25, -0.2) is 0 Å². The Kier molecular flexibility index (Phi) is 19.6. The van der Waals surface area contributed by atoms with Crippen LogP contribution in [0.5, 0.6) is 0 Å². The van der Waals surface area contributed by atoms with Gasteiger partial charge in [0.1, 0.15) is 0 Å². The first-order chi connectivity index (χ1) is 8.08. The standard InChI is InChI=1S/C12H27P.H2O3Se/c1-4-7-10-13(11-8-5-2)12-9-6-3;1-4(2)3/h4-12H2,1-3H3;(H2,1,2,3). The number of unbranched alkanes of at least 4 members (excludes halogenated alkanes) is 3. The van der Waals surface area contributed by atoms with Gasteiger partial charge < -0.3 is 0 Å². The molecular weight excluding hydrogens is 302 g/mol. The molecule has 0 aliphatic heterocycles. The monoisotopic (exact) mass is 332 g/mol. The van der Waals surface area contributed by atoms with Crippen LogP contribution in [0.25, 0.3) is 0 Å². The normalized spacial score (nSPS) is 10.5. The first kappa shape index (κ1) is 20.0. The van der Waals surface area contributed by atoms with Crippen molar-refractivity contribution < 1.29 is 12.2 Å². The number of rotatable bonds is 9. The molecule has 0 bridgehead atoms. The molecule has 0 saturated heterocycles. The Balaban J connectivity index is 0. The quantitative estimate of drug-likeness (QED) is 0.504. The third kappa shape index (κ3) is 22.3. The van der Waals surface area contributed by atoms with E-state index in [1.165, 1.54) is 38.5 Å². The second kappa shape index (κ2) is 16.7. The van der Waals surface area contributed by atoms with Crippen LogP contribution >= 0.6 is 7.92 Å². The minimum atomic E-state index is -3.29. The number of hydrogen-bond donors (Lipinski definition) is 2. The van der Waals surface area contributed by atoms with Crippen LogP contribution in [-0.4, -0.2) is 41.4 Å². The van der Waals surface area contributed by atoms with Crippen molar-refractivity contribution in [2.24, 2.45) is 0 Å². The maximum atomic E-state index is 8.76. The Labute approximate surface area is 112 Å². The Morgan fingerprint density at radius 1 is 0.824 bits per heavy atom. The summed E-state index contributed by atoms with van der Waals surface area (Å²) in [6.45, 7) is 6.94. The van der Waals surface area contributed by atoms with Crippen LogP contribution in [0.3, 0.4) is 0 Å². The Bertz CT molecular complexity index is 145. The topological polar surface area (TPSA) is 57.5 Å². The molecule has 2 N–H and O–H groups in total. The van der Waals surface area contributed by atoms with E-state index in [-0.39, 0.29) is 0 Å². The molecule has 0 aromatic carbocycles. The summed E-state index contributed by atoms with van der Waals surface area (Å²) in [7, 11) is 0.422. The van der Waals surface area contributed by atoms with Crippen molar-refractivity contribution >= 4 is 22.4 Å². The molecule has 17 heavy (non-hydrogen) atoms. The first-order valence-corrected chi connectivity index (χ1v) is 10.7. The first-order valence-electron chi connectivity index (χ1n) is 6.60. The van der Waals surface area contributed by atoms with Crippen molar-refractivity contribution in [3.63, 3.8) is 0 Å². The Hall–Kier alpha value is 0.669. The Morgan fingerprint density at radius 2 is 1.06 bits per heavy atom. The fourth-order valence-electron chi connectivity index (χ4n) is 1.48. The van der Waals surface area contributed by atoms with Gasteiger partial charge in [-0.1, -0.05) is 40.0 Å². The van der Waals surface area contributed by atoms with Crippen molar-refractivity contribution in [2.75, 3.05) is 18.5 Å². The fourth-order valence-corrected chi connectivity index (χ4v) is 4.44. The summed E-state index contributed by atoms with van der Waals surface area (Å²) in [6, 6.07) is 0. The van der Waals surface area contributed by atoms with Crippen molar-refractivity contribution in [3.05, 3.63) is 0 Å².